The molecule has 0 aliphatic heterocycles. The lowest BCUT2D eigenvalue weighted by atomic mass is 10.0. The third-order valence-electron chi connectivity index (χ3n) is 2.03. The normalized spacial score (nSPS) is 13.3. The summed E-state index contributed by atoms with van der Waals surface area (Å²) in [6.45, 7) is 3.54. The van der Waals surface area contributed by atoms with Gasteiger partial charge in [-0.2, -0.15) is 5.10 Å². The summed E-state index contributed by atoms with van der Waals surface area (Å²) in [4.78, 5) is 11.7. The number of aliphatic hydroxyl groups is 1. The molecule has 1 N–H and O–H groups in total. The van der Waals surface area contributed by atoms with Gasteiger partial charge < -0.3 is 5.11 Å². The summed E-state index contributed by atoms with van der Waals surface area (Å²) in [6, 6.07) is 0. The van der Waals surface area contributed by atoms with Crippen LogP contribution in [0.15, 0.2) is 6.20 Å². The van der Waals surface area contributed by atoms with Crippen LogP contribution in [0.3, 0.4) is 0 Å². The Morgan fingerprint density at radius 2 is 2.21 bits per heavy atom. The second-order valence-electron chi connectivity index (χ2n) is 3.52. The molecule has 4 nitrogen and oxygen atoms in total. The minimum atomic E-state index is -1.03. The Morgan fingerprint density at radius 3 is 2.57 bits per heavy atom. The fourth-order valence-corrected chi connectivity index (χ4v) is 1.39. The lowest BCUT2D eigenvalue weighted by molar-refractivity contribution is 0.0638. The number of rotatable bonds is 3. The number of aromatic nitrogens is 2. The summed E-state index contributed by atoms with van der Waals surface area (Å²) in [5, 5.41) is 13.7. The van der Waals surface area contributed by atoms with Crippen LogP contribution in [0.5, 0.6) is 0 Å². The molecule has 1 atom stereocenters. The van der Waals surface area contributed by atoms with Crippen LogP contribution in [0.25, 0.3) is 0 Å². The van der Waals surface area contributed by atoms with Crippen molar-refractivity contribution in [2.75, 3.05) is 0 Å². The summed E-state index contributed by atoms with van der Waals surface area (Å²) < 4.78 is 1.37. The van der Waals surface area contributed by atoms with Gasteiger partial charge in [0.05, 0.1) is 11.2 Å². The van der Waals surface area contributed by atoms with Gasteiger partial charge in [0, 0.05) is 7.05 Å². The molecule has 0 aromatic carbocycles. The van der Waals surface area contributed by atoms with Gasteiger partial charge in [0.1, 0.15) is 11.8 Å². The first-order valence-corrected chi connectivity index (χ1v) is 4.72. The molecular weight excluding hydrogens is 204 g/mol. The smallest absolute Gasteiger partial charge is 0.210 e. The highest BCUT2D eigenvalue weighted by molar-refractivity contribution is 6.33. The maximum atomic E-state index is 11.7. The van der Waals surface area contributed by atoms with Gasteiger partial charge in [0.15, 0.2) is 0 Å². The van der Waals surface area contributed by atoms with E-state index in [1.54, 1.807) is 20.9 Å². The Labute approximate surface area is 87.5 Å². The molecule has 1 rings (SSSR count). The molecule has 5 heteroatoms. The van der Waals surface area contributed by atoms with Gasteiger partial charge in [0.2, 0.25) is 5.78 Å². The zero-order valence-corrected chi connectivity index (χ0v) is 9.12. The van der Waals surface area contributed by atoms with Crippen LogP contribution in [0, 0.1) is 5.92 Å². The number of aryl methyl sites for hydroxylation is 1. The minimum absolute atomic E-state index is 0.131. The topological polar surface area (TPSA) is 55.1 Å². The van der Waals surface area contributed by atoms with Crippen LogP contribution in [-0.2, 0) is 7.05 Å². The van der Waals surface area contributed by atoms with Crippen molar-refractivity contribution < 1.29 is 9.90 Å². The van der Waals surface area contributed by atoms with E-state index in [0.717, 1.165) is 0 Å². The molecule has 1 unspecified atom stereocenters. The highest BCUT2D eigenvalue weighted by Crippen LogP contribution is 2.18. The molecule has 14 heavy (non-hydrogen) atoms. The third kappa shape index (κ3) is 1.96. The van der Waals surface area contributed by atoms with Crippen molar-refractivity contribution in [2.24, 2.45) is 13.0 Å². The first-order chi connectivity index (χ1) is 6.45. The Morgan fingerprint density at radius 1 is 1.64 bits per heavy atom. The number of ketones is 1. The van der Waals surface area contributed by atoms with Crippen LogP contribution in [0.4, 0.5) is 0 Å². The van der Waals surface area contributed by atoms with Crippen molar-refractivity contribution in [1.82, 2.24) is 9.78 Å². The standard InChI is InChI=1S/C9H13ClN2O2/c1-5(2)8(13)9(14)7-6(10)4-11-12(7)3/h4-5,8,13H,1-3H3. The van der Waals surface area contributed by atoms with Gasteiger partial charge in [-0.1, -0.05) is 25.4 Å². The van der Waals surface area contributed by atoms with Gasteiger partial charge in [-0.3, -0.25) is 9.48 Å². The van der Waals surface area contributed by atoms with Gasteiger partial charge in [-0.05, 0) is 5.92 Å². The molecule has 0 saturated heterocycles. The molecule has 0 spiro atoms. The van der Waals surface area contributed by atoms with Crippen molar-refractivity contribution >= 4 is 17.4 Å². The van der Waals surface area contributed by atoms with E-state index in [9.17, 15) is 9.90 Å². The average Bonchev–Trinajstić information content (AvgIpc) is 2.44. The van der Waals surface area contributed by atoms with Crippen molar-refractivity contribution in [2.45, 2.75) is 20.0 Å². The Bertz CT molecular complexity index is 327. The fraction of sp³-hybridized carbons (Fsp3) is 0.556. The second kappa shape index (κ2) is 4.11. The first kappa shape index (κ1) is 11.2. The highest BCUT2D eigenvalue weighted by Gasteiger charge is 2.25. The molecule has 1 aromatic heterocycles. The number of Topliss-reactive ketones (excluding diaryl/α,β-unsaturated/α-hetero) is 1. The molecule has 0 aliphatic carbocycles. The van der Waals surface area contributed by atoms with E-state index in [1.165, 1.54) is 10.9 Å². The number of carbonyl (C=O) groups excluding carboxylic acids is 1. The number of carbonyl (C=O) groups is 1. The average molecular weight is 217 g/mol. The van der Waals surface area contributed by atoms with Crippen molar-refractivity contribution in [3.63, 3.8) is 0 Å². The van der Waals surface area contributed by atoms with Crippen LogP contribution in [0.2, 0.25) is 5.02 Å². The number of hydrogen-bond donors (Lipinski definition) is 1. The van der Waals surface area contributed by atoms with Crippen LogP contribution < -0.4 is 0 Å². The van der Waals surface area contributed by atoms with E-state index in [4.69, 9.17) is 11.6 Å². The lowest BCUT2D eigenvalue weighted by Crippen LogP contribution is -2.28. The number of halogens is 1. The summed E-state index contributed by atoms with van der Waals surface area (Å²) in [5.41, 5.74) is 0.257. The highest BCUT2D eigenvalue weighted by atomic mass is 35.5. The molecular formula is C9H13ClN2O2. The number of aliphatic hydroxyl groups excluding tert-OH is 1. The van der Waals surface area contributed by atoms with Gasteiger partial charge in [-0.25, -0.2) is 0 Å². The Hall–Kier alpha value is -0.870. The maximum absolute atomic E-state index is 11.7. The second-order valence-corrected chi connectivity index (χ2v) is 3.93. The summed E-state index contributed by atoms with van der Waals surface area (Å²) in [5.74, 6) is -0.515. The van der Waals surface area contributed by atoms with Crippen molar-refractivity contribution in [3.8, 4) is 0 Å². The van der Waals surface area contributed by atoms with E-state index >= 15 is 0 Å². The predicted molar refractivity (Wildman–Crippen MR) is 53.4 cm³/mol. The molecule has 1 heterocycles. The number of nitrogens with zero attached hydrogens (tertiary/aromatic N) is 2. The van der Waals surface area contributed by atoms with E-state index in [2.05, 4.69) is 5.10 Å². The fourth-order valence-electron chi connectivity index (χ4n) is 1.13. The third-order valence-corrected chi connectivity index (χ3v) is 2.30. The summed E-state index contributed by atoms with van der Waals surface area (Å²) in [7, 11) is 1.62. The molecule has 0 radical (unpaired) electrons. The van der Waals surface area contributed by atoms with Gasteiger partial charge in [-0.15, -0.1) is 0 Å². The van der Waals surface area contributed by atoms with Gasteiger partial charge in [0.25, 0.3) is 0 Å². The zero-order valence-electron chi connectivity index (χ0n) is 8.36. The molecule has 1 aromatic rings. The predicted octanol–water partition coefficient (Wildman–Crippen LogP) is 1.27. The van der Waals surface area contributed by atoms with E-state index in [-0.39, 0.29) is 22.4 Å². The monoisotopic (exact) mass is 216 g/mol. The molecule has 0 amide bonds. The van der Waals surface area contributed by atoms with Crippen molar-refractivity contribution in [3.05, 3.63) is 16.9 Å². The molecule has 0 saturated carbocycles. The first-order valence-electron chi connectivity index (χ1n) is 4.35. The van der Waals surface area contributed by atoms with Crippen LogP contribution in [-0.4, -0.2) is 26.8 Å². The molecule has 0 fully saturated rings. The quantitative estimate of drug-likeness (QED) is 0.775. The maximum Gasteiger partial charge on any atom is 0.210 e. The van der Waals surface area contributed by atoms with Crippen LogP contribution >= 0.6 is 11.6 Å². The molecule has 78 valence electrons. The van der Waals surface area contributed by atoms with Crippen molar-refractivity contribution in [1.29, 1.82) is 0 Å². The van der Waals surface area contributed by atoms with Crippen LogP contribution in [0.1, 0.15) is 24.3 Å². The largest absolute Gasteiger partial charge is 0.385 e. The van der Waals surface area contributed by atoms with Gasteiger partial charge >= 0.3 is 0 Å². The SMILES string of the molecule is CC(C)C(O)C(=O)c1c(Cl)cnn1C. The molecule has 0 bridgehead atoms. The van der Waals surface area contributed by atoms with E-state index in [0.29, 0.717) is 0 Å². The number of hydrogen-bond acceptors (Lipinski definition) is 3. The Balaban J connectivity index is 3.00. The summed E-state index contributed by atoms with van der Waals surface area (Å²) >= 11 is 5.77. The van der Waals surface area contributed by atoms with E-state index in [1.807, 2.05) is 0 Å². The lowest BCUT2D eigenvalue weighted by Gasteiger charge is -2.13. The molecule has 0 aliphatic rings. The summed E-state index contributed by atoms with van der Waals surface area (Å²) in [6.07, 6.45) is 0.366. The Kier molecular flexibility index (Phi) is 3.29. The minimum Gasteiger partial charge on any atom is -0.385 e. The van der Waals surface area contributed by atoms with E-state index < -0.39 is 6.10 Å². The zero-order chi connectivity index (χ0) is 10.9.